The number of carboxylic acids is 1. The quantitative estimate of drug-likeness (QED) is 0.686. The maximum Gasteiger partial charge on any atom is 0.307 e. The lowest BCUT2D eigenvalue weighted by Crippen LogP contribution is -2.47. The second-order valence-corrected chi connectivity index (χ2v) is 5.14. The molecule has 0 bridgehead atoms. The summed E-state index contributed by atoms with van der Waals surface area (Å²) in [5.41, 5.74) is 0. The summed E-state index contributed by atoms with van der Waals surface area (Å²) in [6, 6.07) is -0.296. The van der Waals surface area contributed by atoms with Crippen LogP contribution in [0, 0.1) is 11.8 Å². The lowest BCUT2D eigenvalue weighted by molar-refractivity contribution is -0.142. The maximum absolute atomic E-state index is 11.9. The molecule has 106 valence electrons. The summed E-state index contributed by atoms with van der Waals surface area (Å²) in [6.45, 7) is 11.2. The second-order valence-electron chi connectivity index (χ2n) is 5.14. The Morgan fingerprint density at radius 3 is 2.17 bits per heavy atom. The molecule has 0 saturated heterocycles. The van der Waals surface area contributed by atoms with Crippen LogP contribution in [0.15, 0.2) is 0 Å². The van der Waals surface area contributed by atoms with Gasteiger partial charge >= 0.3 is 5.97 Å². The van der Waals surface area contributed by atoms with E-state index in [1.807, 2.05) is 32.6 Å². The third kappa shape index (κ3) is 6.00. The van der Waals surface area contributed by atoms with Gasteiger partial charge in [0.1, 0.15) is 0 Å². The summed E-state index contributed by atoms with van der Waals surface area (Å²) < 4.78 is 0. The van der Waals surface area contributed by atoms with Gasteiger partial charge in [0.15, 0.2) is 0 Å². The number of amides is 1. The van der Waals surface area contributed by atoms with Gasteiger partial charge in [0.05, 0.1) is 12.0 Å². The number of nitrogens with zero attached hydrogens (tertiary/aromatic N) is 1. The van der Waals surface area contributed by atoms with Gasteiger partial charge in [-0.1, -0.05) is 27.7 Å². The molecule has 0 aliphatic rings. The van der Waals surface area contributed by atoms with Gasteiger partial charge in [0.2, 0.25) is 5.91 Å². The van der Waals surface area contributed by atoms with Crippen LogP contribution in [0.3, 0.4) is 0 Å². The minimum atomic E-state index is -0.830. The van der Waals surface area contributed by atoms with Crippen molar-refractivity contribution in [3.63, 3.8) is 0 Å². The predicted octanol–water partition coefficient (Wildman–Crippen LogP) is 1.19. The molecule has 2 N–H and O–H groups in total. The van der Waals surface area contributed by atoms with E-state index in [0.717, 1.165) is 0 Å². The Labute approximate surface area is 110 Å². The van der Waals surface area contributed by atoms with Crippen LogP contribution in [0.25, 0.3) is 0 Å². The van der Waals surface area contributed by atoms with Crippen LogP contribution in [0.2, 0.25) is 0 Å². The molecule has 0 aliphatic carbocycles. The third-order valence-electron chi connectivity index (χ3n) is 2.95. The molecular formula is C13H26N2O3. The van der Waals surface area contributed by atoms with E-state index in [2.05, 4.69) is 5.32 Å². The summed E-state index contributed by atoms with van der Waals surface area (Å²) in [5.74, 6) is -0.925. The van der Waals surface area contributed by atoms with Crippen LogP contribution in [0.4, 0.5) is 0 Å². The van der Waals surface area contributed by atoms with Crippen molar-refractivity contribution in [2.75, 3.05) is 19.6 Å². The largest absolute Gasteiger partial charge is 0.481 e. The van der Waals surface area contributed by atoms with Gasteiger partial charge < -0.3 is 10.4 Å². The molecule has 0 radical (unpaired) electrons. The summed E-state index contributed by atoms with van der Waals surface area (Å²) >= 11 is 0. The Morgan fingerprint density at radius 1 is 1.22 bits per heavy atom. The van der Waals surface area contributed by atoms with E-state index in [1.54, 1.807) is 6.92 Å². The van der Waals surface area contributed by atoms with Crippen LogP contribution in [-0.4, -0.2) is 47.6 Å². The first-order chi connectivity index (χ1) is 8.29. The fraction of sp³-hybridized carbons (Fsp3) is 0.846. The molecule has 0 aromatic rings. The molecular weight excluding hydrogens is 232 g/mol. The molecule has 0 aliphatic heterocycles. The van der Waals surface area contributed by atoms with Crippen LogP contribution in [-0.2, 0) is 9.59 Å². The summed E-state index contributed by atoms with van der Waals surface area (Å²) in [7, 11) is 0. The van der Waals surface area contributed by atoms with Crippen molar-refractivity contribution in [2.24, 2.45) is 11.8 Å². The van der Waals surface area contributed by atoms with Gasteiger partial charge in [-0.05, 0) is 19.4 Å². The molecule has 0 aromatic heterocycles. The first-order valence-corrected chi connectivity index (χ1v) is 6.54. The van der Waals surface area contributed by atoms with Gasteiger partial charge in [-0.2, -0.15) is 0 Å². The minimum absolute atomic E-state index is 0.0388. The van der Waals surface area contributed by atoms with Crippen molar-refractivity contribution >= 4 is 11.9 Å². The molecule has 0 heterocycles. The molecule has 18 heavy (non-hydrogen) atoms. The van der Waals surface area contributed by atoms with Crippen LogP contribution in [0.1, 0.15) is 34.6 Å². The van der Waals surface area contributed by atoms with Crippen molar-refractivity contribution in [3.05, 3.63) is 0 Å². The number of carbonyl (C=O) groups excluding carboxylic acids is 1. The normalized spacial score (nSPS) is 14.6. The molecule has 2 atom stereocenters. The molecule has 5 heteroatoms. The van der Waals surface area contributed by atoms with E-state index in [9.17, 15) is 9.59 Å². The van der Waals surface area contributed by atoms with E-state index in [0.29, 0.717) is 25.6 Å². The molecule has 0 saturated carbocycles. The lowest BCUT2D eigenvalue weighted by atomic mass is 10.1. The highest BCUT2D eigenvalue weighted by Crippen LogP contribution is 2.05. The Morgan fingerprint density at radius 2 is 1.78 bits per heavy atom. The van der Waals surface area contributed by atoms with Crippen molar-refractivity contribution in [1.29, 1.82) is 0 Å². The van der Waals surface area contributed by atoms with E-state index in [1.165, 1.54) is 0 Å². The van der Waals surface area contributed by atoms with Crippen molar-refractivity contribution in [1.82, 2.24) is 10.2 Å². The number of likely N-dealkylation sites (N-methyl/N-ethyl adjacent to an activating group) is 1. The summed E-state index contributed by atoms with van der Waals surface area (Å²) in [5, 5.41) is 11.8. The minimum Gasteiger partial charge on any atom is -0.481 e. The standard InChI is InChI=1S/C13H26N2O3/c1-6-15(8-10(4)13(17)18)11(5)12(16)14-7-9(2)3/h9-11H,6-8H2,1-5H3,(H,14,16)(H,17,18). The van der Waals surface area contributed by atoms with Crippen LogP contribution >= 0.6 is 0 Å². The van der Waals surface area contributed by atoms with E-state index in [4.69, 9.17) is 5.11 Å². The third-order valence-corrected chi connectivity index (χ3v) is 2.95. The fourth-order valence-corrected chi connectivity index (χ4v) is 1.61. The average Bonchev–Trinajstić information content (AvgIpc) is 2.31. The zero-order chi connectivity index (χ0) is 14.3. The van der Waals surface area contributed by atoms with E-state index < -0.39 is 11.9 Å². The highest BCUT2D eigenvalue weighted by atomic mass is 16.4. The predicted molar refractivity (Wildman–Crippen MR) is 71.4 cm³/mol. The number of hydrogen-bond donors (Lipinski definition) is 2. The van der Waals surface area contributed by atoms with Crippen LogP contribution < -0.4 is 5.32 Å². The number of carbonyl (C=O) groups is 2. The molecule has 0 spiro atoms. The monoisotopic (exact) mass is 258 g/mol. The Kier molecular flexibility index (Phi) is 7.59. The van der Waals surface area contributed by atoms with Crippen molar-refractivity contribution in [3.8, 4) is 0 Å². The summed E-state index contributed by atoms with van der Waals surface area (Å²) in [6.07, 6.45) is 0. The van der Waals surface area contributed by atoms with Gasteiger partial charge in [0.25, 0.3) is 0 Å². The van der Waals surface area contributed by atoms with Gasteiger partial charge in [0, 0.05) is 13.1 Å². The highest BCUT2D eigenvalue weighted by molar-refractivity contribution is 5.81. The number of nitrogens with one attached hydrogen (secondary N) is 1. The van der Waals surface area contributed by atoms with E-state index in [-0.39, 0.29) is 11.9 Å². The number of rotatable bonds is 8. The summed E-state index contributed by atoms with van der Waals surface area (Å²) in [4.78, 5) is 24.6. The molecule has 0 aromatic carbocycles. The number of carboxylic acid groups (broad SMARTS) is 1. The number of hydrogen-bond acceptors (Lipinski definition) is 3. The second kappa shape index (κ2) is 8.08. The zero-order valence-electron chi connectivity index (χ0n) is 12.1. The number of aliphatic carboxylic acids is 1. The van der Waals surface area contributed by atoms with Gasteiger partial charge in [-0.3, -0.25) is 14.5 Å². The first-order valence-electron chi connectivity index (χ1n) is 6.54. The molecule has 0 fully saturated rings. The zero-order valence-corrected chi connectivity index (χ0v) is 12.1. The van der Waals surface area contributed by atoms with Gasteiger partial charge in [-0.25, -0.2) is 0 Å². The molecule has 1 amide bonds. The Hall–Kier alpha value is -1.10. The maximum atomic E-state index is 11.9. The van der Waals surface area contributed by atoms with E-state index >= 15 is 0 Å². The Balaban J connectivity index is 4.37. The topological polar surface area (TPSA) is 69.6 Å². The van der Waals surface area contributed by atoms with Gasteiger partial charge in [-0.15, -0.1) is 0 Å². The van der Waals surface area contributed by atoms with Crippen LogP contribution in [0.5, 0.6) is 0 Å². The molecule has 0 rings (SSSR count). The van der Waals surface area contributed by atoms with Crippen molar-refractivity contribution in [2.45, 2.75) is 40.7 Å². The highest BCUT2D eigenvalue weighted by Gasteiger charge is 2.23. The fourth-order valence-electron chi connectivity index (χ4n) is 1.61. The van der Waals surface area contributed by atoms with Crippen molar-refractivity contribution < 1.29 is 14.7 Å². The smallest absolute Gasteiger partial charge is 0.307 e. The average molecular weight is 258 g/mol. The lowest BCUT2D eigenvalue weighted by Gasteiger charge is -2.28. The Bertz CT molecular complexity index is 279. The molecule has 5 nitrogen and oxygen atoms in total. The SMILES string of the molecule is CCN(CC(C)C(=O)O)C(C)C(=O)NCC(C)C. The molecule has 2 unspecified atom stereocenters. The first kappa shape index (κ1) is 16.9.